The van der Waals surface area contributed by atoms with E-state index in [9.17, 15) is 23.5 Å². The van der Waals surface area contributed by atoms with Gasteiger partial charge >= 0.3 is 0 Å². The summed E-state index contributed by atoms with van der Waals surface area (Å²) in [6.45, 7) is 0.928. The number of aliphatic hydroxyl groups excluding tert-OH is 1. The fourth-order valence-electron chi connectivity index (χ4n) is 6.21. The third-order valence-corrected chi connectivity index (χ3v) is 7.84. The summed E-state index contributed by atoms with van der Waals surface area (Å²) in [7, 11) is 0. The minimum absolute atomic E-state index is 0.0266. The maximum absolute atomic E-state index is 13.7. The first-order valence-corrected chi connectivity index (χ1v) is 12.8. The number of benzene rings is 1. The molecule has 4 aromatic rings. The van der Waals surface area contributed by atoms with Crippen LogP contribution in [0.2, 0.25) is 0 Å². The maximum atomic E-state index is 13.7. The standard InChI is InChI=1S/C28H26F2N6O3/c1-14(38)25-26(17-8-20-3-4-21(9-17)35(20)24(39)13-37)34-28-22(12-33-36(28)27(25)31)15-2-5-23(32-11-15)16-6-18(29)10-19(30)7-16/h2,5-7,10-12,17,20-21,37H,3-4,8-9,13,31H2,1H3/t17-,20-,21+. The second-order valence-corrected chi connectivity index (χ2v) is 10.2. The van der Waals surface area contributed by atoms with E-state index in [2.05, 4.69) is 10.1 Å². The molecule has 2 fully saturated rings. The summed E-state index contributed by atoms with van der Waals surface area (Å²) in [5.74, 6) is -1.77. The van der Waals surface area contributed by atoms with Gasteiger partial charge in [-0.15, -0.1) is 0 Å². The highest BCUT2D eigenvalue weighted by atomic mass is 19.1. The van der Waals surface area contributed by atoms with Gasteiger partial charge in [0.15, 0.2) is 11.4 Å². The summed E-state index contributed by atoms with van der Waals surface area (Å²) in [6.07, 6.45) is 6.09. The Hall–Kier alpha value is -4.25. The zero-order valence-corrected chi connectivity index (χ0v) is 21.1. The molecule has 2 bridgehead atoms. The van der Waals surface area contributed by atoms with Crippen molar-refractivity contribution < 1.29 is 23.5 Å². The lowest BCUT2D eigenvalue weighted by Gasteiger charge is -2.39. The average Bonchev–Trinajstić information content (AvgIpc) is 3.45. The summed E-state index contributed by atoms with van der Waals surface area (Å²) in [5.41, 5.74) is 9.88. The first kappa shape index (κ1) is 25.1. The first-order chi connectivity index (χ1) is 18.7. The van der Waals surface area contributed by atoms with Crippen molar-refractivity contribution >= 4 is 23.2 Å². The molecule has 2 saturated heterocycles. The number of Topliss-reactive ketones (excluding diaryl/α,β-unsaturated/α-hetero) is 1. The highest BCUT2D eigenvalue weighted by Crippen LogP contribution is 2.44. The molecule has 1 aromatic carbocycles. The topological polar surface area (TPSA) is 127 Å². The van der Waals surface area contributed by atoms with Gasteiger partial charge in [-0.1, -0.05) is 6.07 Å². The number of pyridine rings is 1. The number of piperidine rings is 1. The van der Waals surface area contributed by atoms with Gasteiger partial charge in [-0.2, -0.15) is 9.61 Å². The number of carbonyl (C=O) groups is 2. The second-order valence-electron chi connectivity index (χ2n) is 10.2. The lowest BCUT2D eigenvalue weighted by Crippen LogP contribution is -2.47. The summed E-state index contributed by atoms with van der Waals surface area (Å²) in [6, 6.07) is 6.60. The van der Waals surface area contributed by atoms with E-state index in [0.29, 0.717) is 52.1 Å². The highest BCUT2D eigenvalue weighted by Gasteiger charge is 2.44. The van der Waals surface area contributed by atoms with Crippen molar-refractivity contribution in [3.8, 4) is 22.4 Å². The van der Waals surface area contributed by atoms with Gasteiger partial charge in [0.25, 0.3) is 0 Å². The number of ketones is 1. The van der Waals surface area contributed by atoms with Crippen LogP contribution in [0.3, 0.4) is 0 Å². The van der Waals surface area contributed by atoms with Crippen LogP contribution >= 0.6 is 0 Å². The van der Waals surface area contributed by atoms with Crippen molar-refractivity contribution in [1.29, 1.82) is 0 Å². The molecule has 0 saturated carbocycles. The summed E-state index contributed by atoms with van der Waals surface area (Å²) in [4.78, 5) is 36.2. The first-order valence-electron chi connectivity index (χ1n) is 12.8. The van der Waals surface area contributed by atoms with Crippen molar-refractivity contribution in [2.75, 3.05) is 12.3 Å². The van der Waals surface area contributed by atoms with Gasteiger partial charge in [0.05, 0.1) is 23.1 Å². The van der Waals surface area contributed by atoms with Crippen LogP contribution in [-0.2, 0) is 4.79 Å². The molecule has 3 aromatic heterocycles. The number of aliphatic hydroxyl groups is 1. The number of fused-ring (bicyclic) bond motifs is 3. The lowest BCUT2D eigenvalue weighted by molar-refractivity contribution is -0.138. The molecule has 6 rings (SSSR count). The molecule has 11 heteroatoms. The predicted molar refractivity (Wildman–Crippen MR) is 139 cm³/mol. The minimum Gasteiger partial charge on any atom is -0.387 e. The number of hydrogen-bond acceptors (Lipinski definition) is 7. The van der Waals surface area contributed by atoms with Crippen molar-refractivity contribution in [2.45, 2.75) is 50.6 Å². The van der Waals surface area contributed by atoms with E-state index in [0.717, 1.165) is 18.9 Å². The van der Waals surface area contributed by atoms with Gasteiger partial charge in [-0.05, 0) is 50.8 Å². The Labute approximate surface area is 222 Å². The highest BCUT2D eigenvalue weighted by molar-refractivity contribution is 6.00. The molecular formula is C28H26F2N6O3. The number of anilines is 1. The Morgan fingerprint density at radius 2 is 1.74 bits per heavy atom. The number of hydrogen-bond donors (Lipinski definition) is 2. The Kier molecular flexibility index (Phi) is 6.10. The molecule has 9 nitrogen and oxygen atoms in total. The molecule has 1 amide bonds. The molecule has 0 radical (unpaired) electrons. The minimum atomic E-state index is -0.688. The zero-order chi connectivity index (χ0) is 27.4. The fraction of sp³-hybridized carbons (Fsp3) is 0.321. The number of nitrogens with two attached hydrogens (primary N) is 1. The normalized spacial score (nSPS) is 20.5. The molecule has 39 heavy (non-hydrogen) atoms. The van der Waals surface area contributed by atoms with E-state index >= 15 is 0 Å². The number of carbonyl (C=O) groups excluding carboxylic acids is 2. The van der Waals surface area contributed by atoms with Crippen LogP contribution < -0.4 is 5.73 Å². The average molecular weight is 533 g/mol. The third-order valence-electron chi connectivity index (χ3n) is 7.84. The van der Waals surface area contributed by atoms with Crippen LogP contribution in [0.4, 0.5) is 14.6 Å². The molecule has 2 aliphatic rings. The Balaban J connectivity index is 1.40. The van der Waals surface area contributed by atoms with Crippen LogP contribution in [0.25, 0.3) is 28.0 Å². The summed E-state index contributed by atoms with van der Waals surface area (Å²) in [5, 5.41) is 13.8. The Bertz CT molecular complexity index is 1590. The molecule has 3 N–H and O–H groups in total. The molecule has 2 aliphatic heterocycles. The molecule has 0 unspecified atom stereocenters. The molecule has 0 spiro atoms. The van der Waals surface area contributed by atoms with Crippen molar-refractivity contribution in [3.63, 3.8) is 0 Å². The van der Waals surface area contributed by atoms with E-state index in [-0.39, 0.29) is 35.5 Å². The van der Waals surface area contributed by atoms with Crippen LogP contribution in [0.5, 0.6) is 0 Å². The number of nitrogens with zero attached hydrogens (tertiary/aromatic N) is 5. The molecule has 200 valence electrons. The van der Waals surface area contributed by atoms with Gasteiger partial charge in [-0.3, -0.25) is 14.6 Å². The lowest BCUT2D eigenvalue weighted by atomic mass is 9.85. The molecule has 3 atom stereocenters. The van der Waals surface area contributed by atoms with Gasteiger partial charge in [0, 0.05) is 47.0 Å². The Morgan fingerprint density at radius 3 is 2.33 bits per heavy atom. The van der Waals surface area contributed by atoms with Crippen LogP contribution in [0.1, 0.15) is 54.6 Å². The monoisotopic (exact) mass is 532 g/mol. The van der Waals surface area contributed by atoms with E-state index in [1.54, 1.807) is 29.4 Å². The molecule has 5 heterocycles. The van der Waals surface area contributed by atoms with Crippen molar-refractivity contribution in [2.24, 2.45) is 0 Å². The zero-order valence-electron chi connectivity index (χ0n) is 21.1. The van der Waals surface area contributed by atoms with Crippen molar-refractivity contribution in [3.05, 3.63) is 65.6 Å². The van der Waals surface area contributed by atoms with E-state index in [1.807, 2.05) is 0 Å². The summed E-state index contributed by atoms with van der Waals surface area (Å²) < 4.78 is 28.8. The second kappa shape index (κ2) is 9.49. The van der Waals surface area contributed by atoms with Gasteiger partial charge in [0.2, 0.25) is 5.91 Å². The van der Waals surface area contributed by atoms with Gasteiger partial charge < -0.3 is 15.7 Å². The smallest absolute Gasteiger partial charge is 0.248 e. The number of halogens is 2. The molecular weight excluding hydrogens is 506 g/mol. The quantitative estimate of drug-likeness (QED) is 0.375. The molecule has 0 aliphatic carbocycles. The van der Waals surface area contributed by atoms with Gasteiger partial charge in [-0.25, -0.2) is 13.8 Å². The number of nitrogen functional groups attached to an aromatic ring is 1. The Morgan fingerprint density at radius 1 is 1.05 bits per heavy atom. The predicted octanol–water partition coefficient (Wildman–Crippen LogP) is 3.75. The van der Waals surface area contributed by atoms with E-state index in [4.69, 9.17) is 10.7 Å². The fourth-order valence-corrected chi connectivity index (χ4v) is 6.21. The van der Waals surface area contributed by atoms with E-state index < -0.39 is 18.2 Å². The number of rotatable bonds is 5. The largest absolute Gasteiger partial charge is 0.387 e. The van der Waals surface area contributed by atoms with E-state index in [1.165, 1.54) is 23.6 Å². The third kappa shape index (κ3) is 4.22. The maximum Gasteiger partial charge on any atom is 0.248 e. The SMILES string of the molecule is CC(=O)c1c([C@@H]2C[C@H]3CC[C@@H](C2)N3C(=O)CO)nc2c(-c3ccc(-c4cc(F)cc(F)c4)nc3)cnn2c1N. The van der Waals surface area contributed by atoms with Crippen LogP contribution in [-0.4, -0.2) is 60.0 Å². The van der Waals surface area contributed by atoms with Crippen molar-refractivity contribution in [1.82, 2.24) is 24.5 Å². The summed E-state index contributed by atoms with van der Waals surface area (Å²) >= 11 is 0. The number of aromatic nitrogens is 4. The van der Waals surface area contributed by atoms with Gasteiger partial charge in [0.1, 0.15) is 24.1 Å². The number of amides is 1. The van der Waals surface area contributed by atoms with Crippen LogP contribution in [0, 0.1) is 11.6 Å². The van der Waals surface area contributed by atoms with Crippen LogP contribution in [0.15, 0.2) is 42.7 Å².